The third-order valence-electron chi connectivity index (χ3n) is 5.40. The topological polar surface area (TPSA) is 82.1 Å². The van der Waals surface area contributed by atoms with Gasteiger partial charge >= 0.3 is 5.69 Å². The van der Waals surface area contributed by atoms with Gasteiger partial charge in [0.05, 0.1) is 47.2 Å². The van der Waals surface area contributed by atoms with Crippen molar-refractivity contribution in [2.24, 2.45) is 7.05 Å². The van der Waals surface area contributed by atoms with E-state index in [1.54, 1.807) is 65.1 Å². The Morgan fingerprint density at radius 1 is 1.16 bits per heavy atom. The molecule has 0 spiro atoms. The predicted molar refractivity (Wildman–Crippen MR) is 124 cm³/mol. The highest BCUT2D eigenvalue weighted by Gasteiger charge is 2.18. The molecule has 3 heterocycles. The number of rotatable bonds is 5. The number of ether oxygens (including phenoxy) is 2. The fraction of sp³-hybridized carbons (Fsp3) is 0.125. The summed E-state index contributed by atoms with van der Waals surface area (Å²) in [5, 5.41) is 13.9. The van der Waals surface area contributed by atoms with E-state index in [0.29, 0.717) is 40.4 Å². The first-order valence-corrected chi connectivity index (χ1v) is 10.8. The second-order valence-corrected chi connectivity index (χ2v) is 8.05. The van der Waals surface area contributed by atoms with E-state index in [9.17, 15) is 4.79 Å². The highest BCUT2D eigenvalue weighted by Crippen LogP contribution is 2.35. The van der Waals surface area contributed by atoms with Crippen LogP contribution in [0.5, 0.6) is 11.5 Å². The average molecular weight is 443 g/mol. The van der Waals surface area contributed by atoms with Gasteiger partial charge in [0, 0.05) is 18.5 Å². The van der Waals surface area contributed by atoms with E-state index in [4.69, 9.17) is 14.7 Å². The number of fused-ring (bicyclic) bond motifs is 3. The summed E-state index contributed by atoms with van der Waals surface area (Å²) in [6.07, 6.45) is 1.69. The summed E-state index contributed by atoms with van der Waals surface area (Å²) in [6.45, 7) is 0.409. The van der Waals surface area contributed by atoms with Crippen LogP contribution in [0.4, 0.5) is 0 Å². The molecule has 0 saturated heterocycles. The molecule has 158 valence electrons. The van der Waals surface area contributed by atoms with Gasteiger partial charge in [0.2, 0.25) is 0 Å². The van der Waals surface area contributed by atoms with Crippen LogP contribution in [-0.2, 0) is 13.7 Å². The van der Waals surface area contributed by atoms with Gasteiger partial charge in [-0.2, -0.15) is 16.6 Å². The van der Waals surface area contributed by atoms with Gasteiger partial charge in [0.1, 0.15) is 6.61 Å². The summed E-state index contributed by atoms with van der Waals surface area (Å²) in [5.74, 6) is 1.14. The summed E-state index contributed by atoms with van der Waals surface area (Å²) in [5.41, 5.74) is 4.17. The molecule has 5 rings (SSSR count). The van der Waals surface area contributed by atoms with Crippen LogP contribution in [0, 0.1) is 11.3 Å². The minimum absolute atomic E-state index is 0.199. The Hall–Kier alpha value is -4.09. The van der Waals surface area contributed by atoms with Crippen LogP contribution in [0.15, 0.2) is 64.2 Å². The van der Waals surface area contributed by atoms with Crippen molar-refractivity contribution in [3.63, 3.8) is 0 Å². The van der Waals surface area contributed by atoms with Crippen LogP contribution in [-0.4, -0.2) is 21.2 Å². The highest BCUT2D eigenvalue weighted by atomic mass is 32.1. The fourth-order valence-corrected chi connectivity index (χ4v) is 4.39. The Balaban J connectivity index is 1.75. The molecule has 0 fully saturated rings. The lowest BCUT2D eigenvalue weighted by molar-refractivity contribution is 0.285. The number of imidazole rings is 1. The molecular formula is C24H18N4O3S. The van der Waals surface area contributed by atoms with E-state index < -0.39 is 0 Å². The van der Waals surface area contributed by atoms with Crippen molar-refractivity contribution in [2.75, 3.05) is 7.11 Å². The van der Waals surface area contributed by atoms with Crippen LogP contribution in [0.1, 0.15) is 11.1 Å². The van der Waals surface area contributed by atoms with Gasteiger partial charge in [0.15, 0.2) is 11.5 Å². The number of hydrogen-bond donors (Lipinski definition) is 0. The lowest BCUT2D eigenvalue weighted by atomic mass is 10.1. The number of hydrogen-bond acceptors (Lipinski definition) is 6. The molecule has 32 heavy (non-hydrogen) atoms. The normalized spacial score (nSPS) is 11.0. The molecule has 2 aromatic carbocycles. The number of pyridine rings is 1. The average Bonchev–Trinajstić information content (AvgIpc) is 3.44. The van der Waals surface area contributed by atoms with E-state index >= 15 is 0 Å². The van der Waals surface area contributed by atoms with Crippen LogP contribution < -0.4 is 15.2 Å². The van der Waals surface area contributed by atoms with Gasteiger partial charge < -0.3 is 9.47 Å². The van der Waals surface area contributed by atoms with E-state index in [2.05, 4.69) is 11.1 Å². The minimum Gasteiger partial charge on any atom is -0.493 e. The number of thiophene rings is 1. The second-order valence-electron chi connectivity index (χ2n) is 7.27. The van der Waals surface area contributed by atoms with Gasteiger partial charge in [-0.15, -0.1) is 0 Å². The van der Waals surface area contributed by atoms with Crippen molar-refractivity contribution < 1.29 is 9.47 Å². The summed E-state index contributed by atoms with van der Waals surface area (Å²) in [4.78, 5) is 17.7. The molecule has 0 aliphatic rings. The predicted octanol–water partition coefficient (Wildman–Crippen LogP) is 4.40. The number of benzene rings is 2. The molecule has 0 bridgehead atoms. The van der Waals surface area contributed by atoms with E-state index in [0.717, 1.165) is 16.5 Å². The van der Waals surface area contributed by atoms with Crippen molar-refractivity contribution in [3.8, 4) is 23.3 Å². The maximum atomic E-state index is 13.2. The molecule has 8 heteroatoms. The van der Waals surface area contributed by atoms with Gasteiger partial charge in [-0.3, -0.25) is 14.1 Å². The largest absolute Gasteiger partial charge is 0.493 e. The first kappa shape index (κ1) is 19.8. The van der Waals surface area contributed by atoms with Gasteiger partial charge in [-0.05, 0) is 52.7 Å². The van der Waals surface area contributed by atoms with Crippen molar-refractivity contribution in [3.05, 3.63) is 81.0 Å². The molecule has 0 aliphatic carbocycles. The molecule has 0 aliphatic heterocycles. The number of nitrogens with zero attached hydrogens (tertiary/aromatic N) is 4. The van der Waals surface area contributed by atoms with E-state index in [1.165, 1.54) is 0 Å². The van der Waals surface area contributed by atoms with E-state index in [1.807, 2.05) is 29.0 Å². The smallest absolute Gasteiger partial charge is 0.333 e. The Morgan fingerprint density at radius 2 is 1.97 bits per heavy atom. The maximum absolute atomic E-state index is 13.2. The van der Waals surface area contributed by atoms with Crippen LogP contribution in [0.25, 0.3) is 27.6 Å². The fourth-order valence-electron chi connectivity index (χ4n) is 3.74. The SMILES string of the molecule is COc1cc2ncc3c(c2cc1OCc1ccsc1)n(-c1ccc(C#N)cc1)c(=O)n3C. The summed E-state index contributed by atoms with van der Waals surface area (Å²) < 4.78 is 14.8. The third kappa shape index (κ3) is 3.20. The van der Waals surface area contributed by atoms with Crippen LogP contribution in [0.2, 0.25) is 0 Å². The number of aryl methyl sites for hydroxylation is 1. The molecule has 0 N–H and O–H groups in total. The zero-order valence-electron chi connectivity index (χ0n) is 17.4. The molecule has 0 unspecified atom stereocenters. The van der Waals surface area contributed by atoms with Gasteiger partial charge in [-0.25, -0.2) is 4.79 Å². The Labute approximate surface area is 187 Å². The summed E-state index contributed by atoms with van der Waals surface area (Å²) in [7, 11) is 3.31. The van der Waals surface area contributed by atoms with Crippen LogP contribution in [0.3, 0.4) is 0 Å². The number of aromatic nitrogens is 3. The summed E-state index contributed by atoms with van der Waals surface area (Å²) in [6, 6.07) is 14.7. The quantitative estimate of drug-likeness (QED) is 0.403. The lowest BCUT2D eigenvalue weighted by Crippen LogP contribution is -2.20. The first-order valence-electron chi connectivity index (χ1n) is 9.83. The van der Waals surface area contributed by atoms with Crippen molar-refractivity contribution in [1.82, 2.24) is 14.1 Å². The van der Waals surface area contributed by atoms with Crippen molar-refractivity contribution in [2.45, 2.75) is 6.61 Å². The number of methoxy groups -OCH3 is 1. The first-order chi connectivity index (χ1) is 15.6. The third-order valence-corrected chi connectivity index (χ3v) is 6.13. The standard InChI is InChI=1S/C24H18N4O3S/c1-27-20-12-26-19-10-21(30-2)22(31-13-16-7-8-32-14-16)9-18(19)23(20)28(24(27)29)17-5-3-15(11-25)4-6-17/h3-10,12,14H,13H2,1-2H3. The monoisotopic (exact) mass is 442 g/mol. The van der Waals surface area contributed by atoms with Crippen LogP contribution >= 0.6 is 11.3 Å². The Bertz CT molecular complexity index is 1540. The number of nitriles is 1. The Morgan fingerprint density at radius 3 is 2.66 bits per heavy atom. The summed E-state index contributed by atoms with van der Waals surface area (Å²) >= 11 is 1.61. The minimum atomic E-state index is -0.199. The zero-order chi connectivity index (χ0) is 22.2. The molecule has 0 radical (unpaired) electrons. The van der Waals surface area contributed by atoms with Crippen molar-refractivity contribution >= 4 is 33.3 Å². The second kappa shape index (κ2) is 7.87. The molecule has 5 aromatic rings. The highest BCUT2D eigenvalue weighted by molar-refractivity contribution is 7.07. The molecule has 7 nitrogen and oxygen atoms in total. The van der Waals surface area contributed by atoms with Crippen molar-refractivity contribution in [1.29, 1.82) is 5.26 Å². The van der Waals surface area contributed by atoms with Gasteiger partial charge in [-0.1, -0.05) is 0 Å². The Kier molecular flexibility index (Phi) is 4.88. The van der Waals surface area contributed by atoms with E-state index in [-0.39, 0.29) is 5.69 Å². The molecule has 0 atom stereocenters. The van der Waals surface area contributed by atoms with Gasteiger partial charge in [0.25, 0.3) is 0 Å². The molecule has 0 saturated carbocycles. The maximum Gasteiger partial charge on any atom is 0.333 e. The molecule has 3 aromatic heterocycles. The zero-order valence-corrected chi connectivity index (χ0v) is 18.2. The molecular weight excluding hydrogens is 424 g/mol. The molecule has 0 amide bonds. The lowest BCUT2D eigenvalue weighted by Gasteiger charge is -2.13.